The lowest BCUT2D eigenvalue weighted by atomic mass is 9.76. The zero-order valence-electron chi connectivity index (χ0n) is 23.0. The minimum absolute atomic E-state index is 0.0614. The van der Waals surface area contributed by atoms with E-state index in [2.05, 4.69) is 47.0 Å². The second-order valence-corrected chi connectivity index (χ2v) is 15.6. The summed E-state index contributed by atoms with van der Waals surface area (Å²) in [5, 5.41) is -0.0614. The molecule has 0 saturated carbocycles. The highest BCUT2D eigenvalue weighted by Gasteiger charge is 2.61. The van der Waals surface area contributed by atoms with Gasteiger partial charge in [0.25, 0.3) is 0 Å². The van der Waals surface area contributed by atoms with Crippen LogP contribution in [0.25, 0.3) is 0 Å². The molecule has 0 aromatic rings. The number of amides is 2. The minimum Gasteiger partial charge on any atom is -0.454 e. The van der Waals surface area contributed by atoms with Gasteiger partial charge < -0.3 is 23.4 Å². The van der Waals surface area contributed by atoms with Crippen LogP contribution in [0.4, 0.5) is 4.79 Å². The second kappa shape index (κ2) is 12.8. The molecule has 11 nitrogen and oxygen atoms in total. The first kappa shape index (κ1) is 31.4. The number of rotatable bonds is 10. The third-order valence-corrected chi connectivity index (χ3v) is 11.7. The largest absolute Gasteiger partial charge is 0.508 e. The molecule has 0 aromatic carbocycles. The van der Waals surface area contributed by atoms with E-state index in [-0.39, 0.29) is 37.2 Å². The van der Waals surface area contributed by atoms with Gasteiger partial charge in [-0.15, -0.1) is 0 Å². The summed E-state index contributed by atoms with van der Waals surface area (Å²) in [4.78, 5) is 64.4. The van der Waals surface area contributed by atoms with Gasteiger partial charge in [0.05, 0.1) is 12.0 Å². The predicted molar refractivity (Wildman–Crippen MR) is 138 cm³/mol. The van der Waals surface area contributed by atoms with Crippen molar-refractivity contribution in [1.29, 1.82) is 0 Å². The summed E-state index contributed by atoms with van der Waals surface area (Å²) in [6, 6.07) is -1.18. The number of carbonyl (C=O) groups is 5. The number of ether oxygens (including phenoxy) is 4. The highest BCUT2D eigenvalue weighted by Crippen LogP contribution is 2.39. The van der Waals surface area contributed by atoms with Crippen LogP contribution in [-0.4, -0.2) is 87.6 Å². The molecule has 0 unspecified atom stereocenters. The first-order chi connectivity index (χ1) is 17.7. The Morgan fingerprint density at radius 2 is 1.74 bits per heavy atom. The maximum absolute atomic E-state index is 13.6. The number of Topliss-reactive ketones (excluding diaryl/α,β-unsaturated/α-hetero) is 1. The number of β-lactam (4-membered cyclic amide) rings is 1. The van der Waals surface area contributed by atoms with E-state index in [9.17, 15) is 24.0 Å². The Bertz CT molecular complexity index is 956. The lowest BCUT2D eigenvalue weighted by Crippen LogP contribution is -2.73. The number of carbonyl (C=O) groups excluding carboxylic acids is 5. The molecule has 0 aliphatic carbocycles. The van der Waals surface area contributed by atoms with E-state index in [0.717, 1.165) is 0 Å². The number of nitrogens with zero attached hydrogens (tertiary/aromatic N) is 1. The van der Waals surface area contributed by atoms with E-state index < -0.39 is 62.3 Å². The van der Waals surface area contributed by atoms with Crippen LogP contribution >= 0.6 is 0 Å². The first-order valence-corrected chi connectivity index (χ1v) is 15.5. The molecule has 2 saturated heterocycles. The van der Waals surface area contributed by atoms with E-state index in [1.165, 1.54) is 19.1 Å². The number of imide groups is 1. The Hall–Kier alpha value is -2.83. The molecule has 12 heteroatoms. The molecule has 5 atom stereocenters. The van der Waals surface area contributed by atoms with Crippen LogP contribution in [0.3, 0.4) is 0 Å². The van der Waals surface area contributed by atoms with Gasteiger partial charge >= 0.3 is 18.0 Å². The highest BCUT2D eigenvalue weighted by molar-refractivity contribution is 6.74. The van der Waals surface area contributed by atoms with Crippen LogP contribution in [0.15, 0.2) is 25.3 Å². The minimum atomic E-state index is -2.15. The molecule has 2 aliphatic heterocycles. The van der Waals surface area contributed by atoms with E-state index in [0.29, 0.717) is 11.3 Å². The van der Waals surface area contributed by atoms with Crippen LogP contribution in [0.2, 0.25) is 18.1 Å². The monoisotopic (exact) mass is 553 g/mol. The van der Waals surface area contributed by atoms with Crippen molar-refractivity contribution in [3.05, 3.63) is 25.3 Å². The van der Waals surface area contributed by atoms with Crippen molar-refractivity contribution in [2.24, 2.45) is 11.8 Å². The summed E-state index contributed by atoms with van der Waals surface area (Å²) < 4.78 is 26.9. The number of hydrogen-bond donors (Lipinski definition) is 0. The fraction of sp³-hybridized carbons (Fsp3) is 0.654. The summed E-state index contributed by atoms with van der Waals surface area (Å²) in [5.41, 5.74) is 0. The van der Waals surface area contributed by atoms with Crippen molar-refractivity contribution in [2.75, 3.05) is 26.4 Å². The molecule has 2 heterocycles. The maximum Gasteiger partial charge on any atom is 0.508 e. The van der Waals surface area contributed by atoms with Crippen molar-refractivity contribution >= 4 is 38.0 Å². The molecular weight excluding hydrogens is 514 g/mol. The number of likely N-dealkylation sites (tertiary alicyclic amines) is 1. The van der Waals surface area contributed by atoms with Gasteiger partial charge in [0.15, 0.2) is 14.1 Å². The van der Waals surface area contributed by atoms with Crippen molar-refractivity contribution in [1.82, 2.24) is 4.90 Å². The summed E-state index contributed by atoms with van der Waals surface area (Å²) in [7, 11) is -2.15. The lowest BCUT2D eigenvalue weighted by molar-refractivity contribution is -0.193. The standard InChI is InChI=1S/C26H39NO10Si/c1-9-12-34-24(31)23(30)27-19(18(22(27)29)16(3)37-25(32)35-13-10-2)21-20(28)17(11-14-33-21)15-36-38(7,8)26(4,5)6/h9-10,16-19,21H,1-2,11-15H2,3-8H3/t16-,17+,18-,19+,21-/m1/s1. The summed E-state index contributed by atoms with van der Waals surface area (Å²) in [6.45, 7) is 18.7. The van der Waals surface area contributed by atoms with Gasteiger partial charge in [0, 0.05) is 19.1 Å². The fourth-order valence-electron chi connectivity index (χ4n) is 4.00. The van der Waals surface area contributed by atoms with Crippen molar-refractivity contribution in [3.8, 4) is 0 Å². The highest BCUT2D eigenvalue weighted by atomic mass is 28.4. The summed E-state index contributed by atoms with van der Waals surface area (Å²) >= 11 is 0. The number of hydrogen-bond acceptors (Lipinski definition) is 10. The molecule has 2 amide bonds. The molecule has 0 radical (unpaired) electrons. The summed E-state index contributed by atoms with van der Waals surface area (Å²) in [5.74, 6) is -5.32. The molecule has 0 N–H and O–H groups in total. The number of esters is 1. The lowest BCUT2D eigenvalue weighted by Gasteiger charge is -2.50. The average molecular weight is 554 g/mol. The summed E-state index contributed by atoms with van der Waals surface area (Å²) in [6.07, 6.45) is -0.335. The first-order valence-electron chi connectivity index (χ1n) is 12.6. The Morgan fingerprint density at radius 3 is 2.32 bits per heavy atom. The van der Waals surface area contributed by atoms with Crippen molar-refractivity contribution < 1.29 is 47.3 Å². The van der Waals surface area contributed by atoms with E-state index in [1.54, 1.807) is 0 Å². The van der Waals surface area contributed by atoms with E-state index in [4.69, 9.17) is 23.4 Å². The molecule has 38 heavy (non-hydrogen) atoms. The third-order valence-electron chi connectivity index (χ3n) is 7.23. The zero-order chi connectivity index (χ0) is 28.8. The Labute approximate surface area is 224 Å². The van der Waals surface area contributed by atoms with Gasteiger partial charge in [0.2, 0.25) is 5.91 Å². The van der Waals surface area contributed by atoms with E-state index in [1.807, 2.05) is 0 Å². The smallest absolute Gasteiger partial charge is 0.454 e. The quantitative estimate of drug-likeness (QED) is 0.131. The maximum atomic E-state index is 13.6. The van der Waals surface area contributed by atoms with Gasteiger partial charge in [-0.05, 0) is 31.5 Å². The predicted octanol–water partition coefficient (Wildman–Crippen LogP) is 2.79. The molecule has 0 spiro atoms. The average Bonchev–Trinajstić information content (AvgIpc) is 2.83. The third kappa shape index (κ3) is 6.97. The van der Waals surface area contributed by atoms with Gasteiger partial charge in [-0.2, -0.15) is 0 Å². The molecule has 2 rings (SSSR count). The molecule has 2 aliphatic rings. The SMILES string of the molecule is C=CCOC(=O)O[C@H](C)[C@H]1C(=O)N(C(=O)C(=O)OCC=C)[C@@H]1[C@H]1OCC[C@@H](CO[Si](C)(C)C(C)(C)C)C1=O. The molecule has 2 fully saturated rings. The van der Waals surface area contributed by atoms with Crippen LogP contribution in [0.5, 0.6) is 0 Å². The fourth-order valence-corrected chi connectivity index (χ4v) is 5.05. The molecule has 212 valence electrons. The second-order valence-electron chi connectivity index (χ2n) is 10.8. The van der Waals surface area contributed by atoms with E-state index >= 15 is 0 Å². The molecule has 0 bridgehead atoms. The normalized spacial score (nSPS) is 24.6. The Kier molecular flexibility index (Phi) is 10.6. The number of ketones is 1. The van der Waals surface area contributed by atoms with Gasteiger partial charge in [0.1, 0.15) is 25.4 Å². The molecular formula is C26H39NO10Si. The Morgan fingerprint density at radius 1 is 1.13 bits per heavy atom. The van der Waals surface area contributed by atoms with Crippen LogP contribution in [0, 0.1) is 11.8 Å². The van der Waals surface area contributed by atoms with Crippen molar-refractivity contribution in [3.63, 3.8) is 0 Å². The van der Waals surface area contributed by atoms with Crippen LogP contribution in [0.1, 0.15) is 34.1 Å². The Balaban J connectivity index is 2.29. The molecule has 0 aromatic heterocycles. The van der Waals surface area contributed by atoms with Crippen LogP contribution in [-0.2, 0) is 42.6 Å². The van der Waals surface area contributed by atoms with Crippen LogP contribution < -0.4 is 0 Å². The van der Waals surface area contributed by atoms with Crippen molar-refractivity contribution in [2.45, 2.75) is 70.5 Å². The topological polar surface area (TPSA) is 135 Å². The van der Waals surface area contributed by atoms with Gasteiger partial charge in [-0.1, -0.05) is 46.1 Å². The zero-order valence-corrected chi connectivity index (χ0v) is 24.0. The van der Waals surface area contributed by atoms with Gasteiger partial charge in [-0.25, -0.2) is 9.59 Å². The van der Waals surface area contributed by atoms with Gasteiger partial charge in [-0.3, -0.25) is 19.3 Å².